The molecule has 13 heteroatoms. The van der Waals surface area contributed by atoms with Gasteiger partial charge in [0.05, 0.1) is 23.6 Å². The summed E-state index contributed by atoms with van der Waals surface area (Å²) < 4.78 is 33.7. The van der Waals surface area contributed by atoms with E-state index in [-0.39, 0.29) is 48.0 Å². The first-order chi connectivity index (χ1) is 17.1. The highest BCUT2D eigenvalue weighted by molar-refractivity contribution is 6.31. The minimum atomic E-state index is -0.810. The lowest BCUT2D eigenvalue weighted by Crippen LogP contribution is -2.43. The van der Waals surface area contributed by atoms with Gasteiger partial charge in [-0.1, -0.05) is 11.6 Å². The second-order valence-electron chi connectivity index (χ2n) is 7.88. The Balaban J connectivity index is 1.69. The number of likely N-dealkylation sites (N-methyl/N-ethyl adjacent to an activating group) is 1. The highest BCUT2D eigenvalue weighted by Gasteiger charge is 2.33. The highest BCUT2D eigenvalue weighted by Crippen LogP contribution is 2.37. The van der Waals surface area contributed by atoms with Crippen LogP contribution in [0.5, 0.6) is 5.88 Å². The maximum Gasteiger partial charge on any atom is 0.320 e. The van der Waals surface area contributed by atoms with Gasteiger partial charge in [0.2, 0.25) is 11.8 Å². The van der Waals surface area contributed by atoms with Crippen molar-refractivity contribution in [2.45, 2.75) is 13.5 Å². The predicted octanol–water partition coefficient (Wildman–Crippen LogP) is 2.46. The van der Waals surface area contributed by atoms with Crippen LogP contribution >= 0.6 is 11.6 Å². The molecule has 1 aromatic heterocycles. The molecule has 36 heavy (non-hydrogen) atoms. The first-order valence-corrected chi connectivity index (χ1v) is 11.0. The van der Waals surface area contributed by atoms with Crippen molar-refractivity contribution in [2.24, 2.45) is 5.73 Å². The van der Waals surface area contributed by atoms with E-state index in [1.165, 1.54) is 33.4 Å². The number of halogens is 3. The number of amides is 3. The Hall–Kier alpha value is -4.03. The topological polar surface area (TPSA) is 123 Å². The molecule has 188 valence electrons. The van der Waals surface area contributed by atoms with Gasteiger partial charge in [0.25, 0.3) is 5.56 Å². The molecule has 0 saturated heterocycles. The maximum atomic E-state index is 13.9. The Morgan fingerprint density at radius 2 is 1.92 bits per heavy atom. The van der Waals surface area contributed by atoms with Crippen LogP contribution in [-0.4, -0.2) is 41.8 Å². The highest BCUT2D eigenvalue weighted by atomic mass is 35.5. The van der Waals surface area contributed by atoms with Crippen molar-refractivity contribution in [3.05, 3.63) is 74.8 Å². The Kier molecular flexibility index (Phi) is 6.91. The number of hydrogen-bond donors (Lipinski definition) is 2. The molecular formula is C23H21ClF2N6O4. The summed E-state index contributed by atoms with van der Waals surface area (Å²) in [6, 6.07) is 6.92. The number of carbonyl (C=O) groups excluding carboxylic acids is 2. The number of hydrogen-bond acceptors (Lipinski definition) is 6. The van der Waals surface area contributed by atoms with Gasteiger partial charge in [-0.25, -0.2) is 13.6 Å². The molecule has 0 fully saturated rings. The summed E-state index contributed by atoms with van der Waals surface area (Å²) in [6.07, 6.45) is 0. The number of rotatable bonds is 6. The quantitative estimate of drug-likeness (QED) is 0.517. The van der Waals surface area contributed by atoms with E-state index in [1.54, 1.807) is 19.2 Å². The smallest absolute Gasteiger partial charge is 0.320 e. The van der Waals surface area contributed by atoms with E-state index in [0.29, 0.717) is 23.1 Å². The van der Waals surface area contributed by atoms with Crippen LogP contribution in [0.4, 0.5) is 25.0 Å². The molecule has 2 aromatic carbocycles. The third-order valence-electron chi connectivity index (χ3n) is 5.52. The number of benzene rings is 2. The number of fused-ring (bicyclic) bond motifs is 1. The normalized spacial score (nSPS) is 12.6. The van der Waals surface area contributed by atoms with Gasteiger partial charge >= 0.3 is 6.03 Å². The van der Waals surface area contributed by atoms with Gasteiger partial charge in [-0.2, -0.15) is 4.98 Å². The van der Waals surface area contributed by atoms with Gasteiger partial charge in [-0.3, -0.25) is 24.0 Å². The molecule has 0 aliphatic carbocycles. The van der Waals surface area contributed by atoms with Crippen molar-refractivity contribution in [1.29, 1.82) is 0 Å². The minimum Gasteiger partial charge on any atom is -0.471 e. The second-order valence-corrected chi connectivity index (χ2v) is 8.25. The monoisotopic (exact) mass is 518 g/mol. The van der Waals surface area contributed by atoms with Crippen LogP contribution < -0.4 is 31.1 Å². The van der Waals surface area contributed by atoms with Crippen LogP contribution in [0.25, 0.3) is 5.69 Å². The van der Waals surface area contributed by atoms with Crippen molar-refractivity contribution in [2.75, 3.05) is 30.1 Å². The predicted molar refractivity (Wildman–Crippen MR) is 129 cm³/mol. The van der Waals surface area contributed by atoms with Gasteiger partial charge in [0, 0.05) is 11.6 Å². The fourth-order valence-corrected chi connectivity index (χ4v) is 3.99. The number of anilines is 2. The number of ether oxygens (including phenoxy) is 1. The second kappa shape index (κ2) is 9.91. The van der Waals surface area contributed by atoms with Crippen LogP contribution in [0.15, 0.2) is 41.2 Å². The molecule has 0 spiro atoms. The lowest BCUT2D eigenvalue weighted by atomic mass is 10.2. The molecule has 1 aliphatic rings. The molecule has 0 bridgehead atoms. The van der Waals surface area contributed by atoms with E-state index in [1.807, 2.05) is 0 Å². The van der Waals surface area contributed by atoms with Crippen molar-refractivity contribution in [1.82, 2.24) is 14.9 Å². The molecule has 1 aliphatic heterocycles. The Morgan fingerprint density at radius 1 is 1.17 bits per heavy atom. The molecular weight excluding hydrogens is 498 g/mol. The van der Waals surface area contributed by atoms with Gasteiger partial charge in [-0.05, 0) is 44.3 Å². The van der Waals surface area contributed by atoms with Crippen molar-refractivity contribution in [3.8, 4) is 11.6 Å². The van der Waals surface area contributed by atoms with E-state index in [0.717, 1.165) is 6.07 Å². The summed E-state index contributed by atoms with van der Waals surface area (Å²) in [6.45, 7) is 1.18. The number of nitrogens with two attached hydrogens (primary N) is 1. The summed E-state index contributed by atoms with van der Waals surface area (Å²) in [5.74, 6) is -1.85. The number of carbonyl (C=O) groups is 2. The zero-order chi connectivity index (χ0) is 26.1. The minimum absolute atomic E-state index is 0.0508. The molecule has 0 saturated carbocycles. The van der Waals surface area contributed by atoms with Crippen LogP contribution in [0.3, 0.4) is 0 Å². The first kappa shape index (κ1) is 25.1. The van der Waals surface area contributed by atoms with Crippen molar-refractivity contribution >= 4 is 34.9 Å². The first-order valence-electron chi connectivity index (χ1n) is 10.6. The van der Waals surface area contributed by atoms with Crippen LogP contribution in [0.1, 0.15) is 11.4 Å². The van der Waals surface area contributed by atoms with Crippen LogP contribution in [0.2, 0.25) is 5.02 Å². The summed E-state index contributed by atoms with van der Waals surface area (Å²) >= 11 is 6.23. The summed E-state index contributed by atoms with van der Waals surface area (Å²) in [7, 11) is 1.62. The average Bonchev–Trinajstić information content (AvgIpc) is 3.21. The summed E-state index contributed by atoms with van der Waals surface area (Å²) in [5.41, 5.74) is 5.98. The standard InChI is InChI=1S/C23H21ClF2N6O4/c1-12-29-21(36-10-13-3-4-14(25)7-16(13)26)20(24)22(34)32(12)15-5-6-17-18(8-15)31(23(27)35)11-30(17)19(33)9-28-2/h3-8,28H,9-11H2,1-2H3,(H2,27,35). The summed E-state index contributed by atoms with van der Waals surface area (Å²) in [5, 5.41) is 2.41. The molecule has 3 amide bonds. The number of primary amides is 1. The lowest BCUT2D eigenvalue weighted by Gasteiger charge is -2.17. The Morgan fingerprint density at radius 3 is 2.58 bits per heavy atom. The zero-order valence-corrected chi connectivity index (χ0v) is 20.0. The molecule has 4 rings (SSSR count). The number of aryl methyl sites for hydroxylation is 1. The molecule has 0 unspecified atom stereocenters. The van der Waals surface area contributed by atoms with E-state index in [9.17, 15) is 23.2 Å². The molecule has 0 atom stereocenters. The Bertz CT molecular complexity index is 1430. The van der Waals surface area contributed by atoms with Crippen molar-refractivity contribution < 1.29 is 23.1 Å². The molecule has 3 aromatic rings. The van der Waals surface area contributed by atoms with Crippen LogP contribution in [0, 0.1) is 18.6 Å². The lowest BCUT2D eigenvalue weighted by molar-refractivity contribution is -0.117. The number of aromatic nitrogens is 2. The number of urea groups is 1. The zero-order valence-electron chi connectivity index (χ0n) is 19.2. The molecule has 10 nitrogen and oxygen atoms in total. The van der Waals surface area contributed by atoms with E-state index in [2.05, 4.69) is 10.3 Å². The van der Waals surface area contributed by atoms with Gasteiger partial charge in [-0.15, -0.1) is 0 Å². The fraction of sp³-hybridized carbons (Fsp3) is 0.217. The van der Waals surface area contributed by atoms with E-state index >= 15 is 0 Å². The Labute approximate surface area is 208 Å². The van der Waals surface area contributed by atoms with E-state index in [4.69, 9.17) is 22.1 Å². The number of nitrogens with one attached hydrogen (secondary N) is 1. The molecule has 3 N–H and O–H groups in total. The summed E-state index contributed by atoms with van der Waals surface area (Å²) in [4.78, 5) is 44.4. The third kappa shape index (κ3) is 4.60. The van der Waals surface area contributed by atoms with Gasteiger partial charge < -0.3 is 15.8 Å². The average molecular weight is 519 g/mol. The molecule has 2 heterocycles. The van der Waals surface area contributed by atoms with E-state index < -0.39 is 23.2 Å². The third-order valence-corrected chi connectivity index (χ3v) is 5.85. The number of nitrogens with zero attached hydrogens (tertiary/aromatic N) is 4. The van der Waals surface area contributed by atoms with Gasteiger partial charge in [0.1, 0.15) is 30.7 Å². The van der Waals surface area contributed by atoms with Crippen molar-refractivity contribution in [3.63, 3.8) is 0 Å². The van der Waals surface area contributed by atoms with Crippen LogP contribution in [-0.2, 0) is 11.4 Å². The van der Waals surface area contributed by atoms with Gasteiger partial charge in [0.15, 0.2) is 5.02 Å². The maximum absolute atomic E-state index is 13.9. The largest absolute Gasteiger partial charge is 0.471 e. The SMILES string of the molecule is CNCC(=O)N1CN(C(N)=O)c2cc(-n3c(C)nc(OCc4ccc(F)cc4F)c(Cl)c3=O)ccc21. The fourth-order valence-electron chi connectivity index (χ4n) is 3.80. The molecule has 0 radical (unpaired) electrons.